The summed E-state index contributed by atoms with van der Waals surface area (Å²) in [6.07, 6.45) is 5.38. The van der Waals surface area contributed by atoms with Gasteiger partial charge in [0, 0.05) is 11.5 Å². The van der Waals surface area contributed by atoms with Gasteiger partial charge in [-0.1, -0.05) is 44.9 Å². The van der Waals surface area contributed by atoms with Gasteiger partial charge >= 0.3 is 0 Å². The molecule has 0 aliphatic rings. The fraction of sp³-hybridized carbons (Fsp3) is 0.833. The molecule has 0 unspecified atom stereocenters. The smallest absolute Gasteiger partial charge is 0.230 e. The van der Waals surface area contributed by atoms with Crippen LogP contribution in [0.15, 0.2) is 5.16 Å². The minimum Gasteiger partial charge on any atom is -0.367 e. The van der Waals surface area contributed by atoms with Crippen LogP contribution in [0.3, 0.4) is 0 Å². The van der Waals surface area contributed by atoms with Gasteiger partial charge < -0.3 is 5.73 Å². The molecule has 0 bridgehead atoms. The van der Waals surface area contributed by atoms with Crippen LogP contribution in [0, 0.1) is 0 Å². The van der Waals surface area contributed by atoms with Crippen LogP contribution in [-0.4, -0.2) is 37.2 Å². The van der Waals surface area contributed by atoms with Crippen molar-refractivity contribution in [3.05, 3.63) is 0 Å². The Morgan fingerprint density at radius 3 is 2.68 bits per heavy atom. The molecule has 7 heteroatoms. The van der Waals surface area contributed by atoms with Crippen molar-refractivity contribution in [2.75, 3.05) is 28.7 Å². The van der Waals surface area contributed by atoms with E-state index < -0.39 is 0 Å². The highest BCUT2D eigenvalue weighted by Gasteiger charge is 2.06. The van der Waals surface area contributed by atoms with E-state index in [1.165, 1.54) is 31.4 Å². The first-order chi connectivity index (χ1) is 9.27. The average molecular weight is 321 g/mol. The lowest BCUT2D eigenvalue weighted by Gasteiger charge is -2.02. The number of nitrogens with two attached hydrogens (primary N) is 1. The molecule has 19 heavy (non-hydrogen) atoms. The van der Waals surface area contributed by atoms with E-state index in [9.17, 15) is 0 Å². The fourth-order valence-corrected chi connectivity index (χ4v) is 3.96. The van der Waals surface area contributed by atoms with Gasteiger partial charge in [0.15, 0.2) is 0 Å². The Kier molecular flexibility index (Phi) is 9.63. The van der Waals surface area contributed by atoms with Gasteiger partial charge in [-0.2, -0.15) is 20.8 Å². The van der Waals surface area contributed by atoms with Gasteiger partial charge in [-0.3, -0.25) is 0 Å². The Balaban J connectivity index is 2.08. The summed E-state index contributed by atoms with van der Waals surface area (Å²) in [5.74, 6) is 4.93. The highest BCUT2D eigenvalue weighted by molar-refractivity contribution is 8.02. The molecule has 0 aromatic carbocycles. The molecule has 1 heterocycles. The molecule has 1 aromatic rings. The Morgan fingerprint density at radius 1 is 1.11 bits per heavy atom. The number of hydrogen-bond donors (Lipinski definition) is 1. The number of hydrogen-bond acceptors (Lipinski definition) is 6. The molecule has 1 aromatic heterocycles. The average Bonchev–Trinajstić information content (AvgIpc) is 2.74. The van der Waals surface area contributed by atoms with Gasteiger partial charge in [0.05, 0.1) is 0 Å². The third-order valence-corrected chi connectivity index (χ3v) is 5.39. The molecule has 0 aliphatic heterocycles. The van der Waals surface area contributed by atoms with Crippen molar-refractivity contribution in [2.45, 2.75) is 44.7 Å². The van der Waals surface area contributed by atoms with Gasteiger partial charge in [-0.25, -0.2) is 0 Å². The first-order valence-corrected chi connectivity index (χ1v) is 9.92. The standard InChI is InChI=1S/C12H24N4S3/c1-3-5-6-7-8-17-9-10-19-16-11(13)14-12(15-16)18-4-2/h3-10H2,1-2H3,(H2,13,14,15). The minimum absolute atomic E-state index is 0.508. The molecule has 0 saturated carbocycles. The second-order valence-electron chi connectivity index (χ2n) is 4.06. The lowest BCUT2D eigenvalue weighted by Crippen LogP contribution is -2.00. The molecule has 0 spiro atoms. The van der Waals surface area contributed by atoms with E-state index in [0.29, 0.717) is 5.95 Å². The highest BCUT2D eigenvalue weighted by Crippen LogP contribution is 2.19. The quantitative estimate of drug-likeness (QED) is 0.494. The summed E-state index contributed by atoms with van der Waals surface area (Å²) >= 11 is 5.29. The minimum atomic E-state index is 0.508. The maximum atomic E-state index is 5.82. The molecule has 0 saturated heterocycles. The van der Waals surface area contributed by atoms with Crippen molar-refractivity contribution >= 4 is 41.4 Å². The molecule has 0 aliphatic carbocycles. The Bertz CT molecular complexity index is 344. The maximum Gasteiger partial charge on any atom is 0.230 e. The van der Waals surface area contributed by atoms with E-state index in [0.717, 1.165) is 22.4 Å². The van der Waals surface area contributed by atoms with Gasteiger partial charge in [0.1, 0.15) is 0 Å². The second-order valence-corrected chi connectivity index (χ2v) is 7.53. The number of nitrogens with zero attached hydrogens (tertiary/aromatic N) is 3. The van der Waals surface area contributed by atoms with E-state index in [1.54, 1.807) is 27.8 Å². The van der Waals surface area contributed by atoms with E-state index in [-0.39, 0.29) is 0 Å². The molecule has 110 valence electrons. The molecule has 4 nitrogen and oxygen atoms in total. The molecular formula is C12H24N4S3. The van der Waals surface area contributed by atoms with Crippen molar-refractivity contribution < 1.29 is 0 Å². The zero-order valence-electron chi connectivity index (χ0n) is 11.8. The summed E-state index contributed by atoms with van der Waals surface area (Å²) in [6, 6.07) is 0. The van der Waals surface area contributed by atoms with Gasteiger partial charge in [0.25, 0.3) is 0 Å². The molecular weight excluding hydrogens is 296 g/mol. The molecule has 0 radical (unpaired) electrons. The summed E-state index contributed by atoms with van der Waals surface area (Å²) in [5, 5.41) is 5.13. The Morgan fingerprint density at radius 2 is 1.95 bits per heavy atom. The zero-order chi connectivity index (χ0) is 13.9. The van der Waals surface area contributed by atoms with Crippen LogP contribution in [0.5, 0.6) is 0 Å². The van der Waals surface area contributed by atoms with Crippen LogP contribution in [0.25, 0.3) is 0 Å². The van der Waals surface area contributed by atoms with E-state index in [2.05, 4.69) is 23.9 Å². The summed E-state index contributed by atoms with van der Waals surface area (Å²) in [7, 11) is 0. The lowest BCUT2D eigenvalue weighted by molar-refractivity contribution is 0.706. The third kappa shape index (κ3) is 7.37. The van der Waals surface area contributed by atoms with Gasteiger partial charge in [0.2, 0.25) is 11.1 Å². The van der Waals surface area contributed by atoms with Crippen LogP contribution in [0.2, 0.25) is 0 Å². The predicted octanol–water partition coefficient (Wildman–Crippen LogP) is 3.78. The number of nitrogen functional groups attached to an aromatic ring is 1. The predicted molar refractivity (Wildman–Crippen MR) is 90.2 cm³/mol. The van der Waals surface area contributed by atoms with Crippen molar-refractivity contribution in [3.63, 3.8) is 0 Å². The first-order valence-electron chi connectivity index (χ1n) is 6.84. The fourth-order valence-electron chi connectivity index (χ4n) is 1.49. The zero-order valence-corrected chi connectivity index (χ0v) is 14.3. The molecule has 2 N–H and O–H groups in total. The maximum absolute atomic E-state index is 5.82. The van der Waals surface area contributed by atoms with Gasteiger partial charge in [-0.05, 0) is 29.9 Å². The van der Waals surface area contributed by atoms with Crippen molar-refractivity contribution in [1.82, 2.24) is 14.2 Å². The topological polar surface area (TPSA) is 56.7 Å². The number of rotatable bonds is 11. The SMILES string of the molecule is CCCCCCSCCSn1nc(SCC)nc1N. The monoisotopic (exact) mass is 320 g/mol. The summed E-state index contributed by atoms with van der Waals surface area (Å²) in [5.41, 5.74) is 5.82. The Labute approximate surface area is 129 Å². The number of thioether (sulfide) groups is 2. The summed E-state index contributed by atoms with van der Waals surface area (Å²) in [4.78, 5) is 4.21. The number of unbranched alkanes of at least 4 members (excludes halogenated alkanes) is 3. The second kappa shape index (κ2) is 10.7. The number of aromatic nitrogens is 3. The Hall–Kier alpha value is -0.0100. The first kappa shape index (κ1) is 17.0. The van der Waals surface area contributed by atoms with Crippen LogP contribution in [0.1, 0.15) is 39.5 Å². The normalized spacial score (nSPS) is 11.1. The van der Waals surface area contributed by atoms with Crippen molar-refractivity contribution in [3.8, 4) is 0 Å². The summed E-state index contributed by atoms with van der Waals surface area (Å²) < 4.78 is 1.75. The van der Waals surface area contributed by atoms with E-state index >= 15 is 0 Å². The molecule has 0 amide bonds. The van der Waals surface area contributed by atoms with Gasteiger partial charge in [-0.15, -0.1) is 5.10 Å². The van der Waals surface area contributed by atoms with E-state index in [4.69, 9.17) is 5.73 Å². The largest absolute Gasteiger partial charge is 0.367 e. The summed E-state index contributed by atoms with van der Waals surface area (Å²) in [6.45, 7) is 4.33. The van der Waals surface area contributed by atoms with Crippen LogP contribution in [-0.2, 0) is 0 Å². The van der Waals surface area contributed by atoms with Crippen LogP contribution >= 0.6 is 35.5 Å². The van der Waals surface area contributed by atoms with E-state index in [1.807, 2.05) is 11.8 Å². The molecule has 1 rings (SSSR count). The molecule has 0 atom stereocenters. The third-order valence-electron chi connectivity index (χ3n) is 2.44. The van der Waals surface area contributed by atoms with Crippen molar-refractivity contribution in [2.24, 2.45) is 0 Å². The van der Waals surface area contributed by atoms with Crippen LogP contribution < -0.4 is 5.73 Å². The van der Waals surface area contributed by atoms with Crippen molar-refractivity contribution in [1.29, 1.82) is 0 Å². The number of anilines is 1. The van der Waals surface area contributed by atoms with Crippen LogP contribution in [0.4, 0.5) is 5.95 Å². The highest BCUT2D eigenvalue weighted by atomic mass is 32.2. The lowest BCUT2D eigenvalue weighted by atomic mass is 10.2. The molecule has 0 fully saturated rings.